The summed E-state index contributed by atoms with van der Waals surface area (Å²) in [5, 5.41) is 50.9. The molecule has 0 aromatic heterocycles. The largest absolute Gasteiger partial charge is 0.477 e. The van der Waals surface area contributed by atoms with Gasteiger partial charge in [0.2, 0.25) is 11.8 Å². The van der Waals surface area contributed by atoms with Crippen molar-refractivity contribution in [3.8, 4) is 0 Å². The molecule has 0 spiro atoms. The van der Waals surface area contributed by atoms with Crippen molar-refractivity contribution in [1.29, 1.82) is 0 Å². The number of halogens is 1. The van der Waals surface area contributed by atoms with Crippen LogP contribution in [0.5, 0.6) is 0 Å². The smallest absolute Gasteiger partial charge is 0.364 e. The van der Waals surface area contributed by atoms with Crippen LogP contribution in [0.1, 0.15) is 55.8 Å². The van der Waals surface area contributed by atoms with Crippen molar-refractivity contribution in [1.82, 2.24) is 16.0 Å². The highest BCUT2D eigenvalue weighted by atomic mass is 35.5. The van der Waals surface area contributed by atoms with Gasteiger partial charge in [-0.1, -0.05) is 30.5 Å². The zero-order valence-corrected chi connectivity index (χ0v) is 31.5. The highest BCUT2D eigenvalue weighted by Gasteiger charge is 2.55. The molecule has 308 valence electrons. The average Bonchev–Trinajstić information content (AvgIpc) is 3.13. The molecule has 1 aromatic rings. The number of hydrogen-bond donors (Lipinski definition) is 8. The molecule has 18 nitrogen and oxygen atoms in total. The van der Waals surface area contributed by atoms with E-state index in [1.165, 1.54) is 12.1 Å². The van der Waals surface area contributed by atoms with Gasteiger partial charge in [0.1, 0.15) is 12.2 Å². The van der Waals surface area contributed by atoms with Crippen molar-refractivity contribution in [3.63, 3.8) is 0 Å². The number of carbonyl (C=O) groups is 4. The normalized spacial score (nSPS) is 20.9. The quantitative estimate of drug-likeness (QED) is 0.0468. The number of carboxylic acids is 1. The summed E-state index contributed by atoms with van der Waals surface area (Å²) in [6.07, 6.45) is -4.74. The molecule has 1 heterocycles. The molecule has 0 unspecified atom stereocenters. The molecule has 54 heavy (non-hydrogen) atoms. The first-order chi connectivity index (χ1) is 25.9. The fourth-order valence-electron chi connectivity index (χ4n) is 5.36. The lowest BCUT2D eigenvalue weighted by atomic mass is 9.88. The molecule has 0 radical (unpaired) electrons. The van der Waals surface area contributed by atoms with Crippen LogP contribution in [0, 0.1) is 0 Å². The second-order valence-electron chi connectivity index (χ2n) is 12.5. The Labute approximate surface area is 320 Å². The van der Waals surface area contributed by atoms with Crippen molar-refractivity contribution in [2.24, 2.45) is 5.73 Å². The molecular formula is C35H57ClN4O14. The Kier molecular flexibility index (Phi) is 23.3. The second kappa shape index (κ2) is 26.7. The number of rotatable bonds is 29. The van der Waals surface area contributed by atoms with Gasteiger partial charge in [0.05, 0.1) is 77.7 Å². The minimum atomic E-state index is -2.40. The Bertz CT molecular complexity index is 1270. The van der Waals surface area contributed by atoms with E-state index in [0.29, 0.717) is 90.0 Å². The van der Waals surface area contributed by atoms with Crippen molar-refractivity contribution in [3.05, 3.63) is 34.9 Å². The van der Waals surface area contributed by atoms with Crippen LogP contribution in [0.3, 0.4) is 0 Å². The van der Waals surface area contributed by atoms with Gasteiger partial charge >= 0.3 is 5.97 Å². The number of nitrogens with one attached hydrogen (secondary N) is 3. The summed E-state index contributed by atoms with van der Waals surface area (Å²) in [5.41, 5.74) is 5.53. The Morgan fingerprint density at radius 1 is 0.926 bits per heavy atom. The number of aliphatic hydroxyl groups excluding tert-OH is 3. The highest BCUT2D eigenvalue weighted by Crippen LogP contribution is 2.34. The van der Waals surface area contributed by atoms with Crippen LogP contribution in [-0.4, -0.2) is 159 Å². The van der Waals surface area contributed by atoms with Gasteiger partial charge in [0.25, 0.3) is 11.7 Å². The standard InChI is InChI=1S/C35H57ClN4O14/c1-24(41)40-30-27(42)22-35(34(47)48,54-32(30)31(45)28(43)23-39-33(46)25-7-6-8-26(36)21-25)53-12-5-3-2-4-11-38-29(44)9-13-49-15-17-51-19-20-52-18-16-50-14-10-37/h6-8,21,27-28,30-32,42-43,45H,2-5,9-20,22-23,37H2,1H3,(H,38,44)(H,39,46)(H,40,41)(H,47,48)/t27-,28+,30+,31+,32+,35+/m0/s1. The number of amides is 3. The van der Waals surface area contributed by atoms with Crippen molar-refractivity contribution in [2.45, 2.75) is 81.7 Å². The van der Waals surface area contributed by atoms with E-state index in [1.807, 2.05) is 0 Å². The number of unbranched alkanes of at least 4 members (excludes halogenated alkanes) is 3. The van der Waals surface area contributed by atoms with Gasteiger partial charge in [-0.05, 0) is 31.0 Å². The minimum Gasteiger partial charge on any atom is -0.477 e. The van der Waals surface area contributed by atoms with E-state index in [1.54, 1.807) is 12.1 Å². The summed E-state index contributed by atoms with van der Waals surface area (Å²) < 4.78 is 32.8. The maximum atomic E-state index is 12.5. The van der Waals surface area contributed by atoms with Crippen molar-refractivity contribution in [2.75, 3.05) is 79.1 Å². The number of benzene rings is 1. The molecule has 3 amide bonds. The van der Waals surface area contributed by atoms with E-state index in [0.717, 1.165) is 6.92 Å². The van der Waals surface area contributed by atoms with Gasteiger partial charge in [0.15, 0.2) is 0 Å². The molecule has 6 atom stereocenters. The first kappa shape index (κ1) is 47.1. The lowest BCUT2D eigenvalue weighted by molar-refractivity contribution is -0.310. The number of nitrogens with two attached hydrogens (primary N) is 1. The van der Waals surface area contributed by atoms with Crippen LogP contribution in [0.2, 0.25) is 5.02 Å². The van der Waals surface area contributed by atoms with Crippen LogP contribution in [0.4, 0.5) is 0 Å². The number of aliphatic hydroxyl groups is 3. The number of hydrogen-bond acceptors (Lipinski definition) is 14. The first-order valence-corrected chi connectivity index (χ1v) is 18.5. The number of aliphatic carboxylic acids is 1. The first-order valence-electron chi connectivity index (χ1n) is 18.1. The predicted molar refractivity (Wildman–Crippen MR) is 194 cm³/mol. The molecule has 0 aliphatic carbocycles. The van der Waals surface area contributed by atoms with Crippen molar-refractivity contribution < 1.29 is 68.0 Å². The molecule has 0 bridgehead atoms. The third kappa shape index (κ3) is 18.1. The summed E-state index contributed by atoms with van der Waals surface area (Å²) in [4.78, 5) is 48.9. The van der Waals surface area contributed by atoms with Crippen LogP contribution in [-0.2, 0) is 42.8 Å². The third-order valence-electron chi connectivity index (χ3n) is 8.14. The fourth-order valence-corrected chi connectivity index (χ4v) is 5.55. The Balaban J connectivity index is 1.70. The molecule has 1 fully saturated rings. The molecule has 1 aliphatic rings. The predicted octanol–water partition coefficient (Wildman–Crippen LogP) is -0.665. The summed E-state index contributed by atoms with van der Waals surface area (Å²) >= 11 is 5.93. The lowest BCUT2D eigenvalue weighted by Crippen LogP contribution is -2.68. The summed E-state index contributed by atoms with van der Waals surface area (Å²) in [7, 11) is 0. The van der Waals surface area contributed by atoms with Crippen LogP contribution < -0.4 is 21.7 Å². The fraction of sp³-hybridized carbons (Fsp3) is 0.714. The van der Waals surface area contributed by atoms with Crippen LogP contribution in [0.25, 0.3) is 0 Å². The van der Waals surface area contributed by atoms with Gasteiger partial charge < -0.3 is 70.5 Å². The molecular weight excluding hydrogens is 736 g/mol. The number of carboxylic acid groups (broad SMARTS) is 1. The van der Waals surface area contributed by atoms with Gasteiger partial charge in [-0.25, -0.2) is 4.79 Å². The van der Waals surface area contributed by atoms with E-state index in [4.69, 9.17) is 45.8 Å². The molecule has 2 rings (SSSR count). The highest BCUT2D eigenvalue weighted by molar-refractivity contribution is 6.30. The third-order valence-corrected chi connectivity index (χ3v) is 8.37. The lowest BCUT2D eigenvalue weighted by Gasteiger charge is -2.46. The zero-order valence-electron chi connectivity index (χ0n) is 30.8. The SMILES string of the molecule is CC(=O)N[C@H]1[C@H]([C@H](O)[C@H](O)CNC(=O)c2cccc(Cl)c2)O[C@@](OCCCCCCNC(=O)CCOCCOCCOCCOCCN)(C(=O)O)C[C@@H]1O. The van der Waals surface area contributed by atoms with Crippen molar-refractivity contribution >= 4 is 35.3 Å². The Morgan fingerprint density at radius 3 is 2.17 bits per heavy atom. The van der Waals surface area contributed by atoms with E-state index < -0.39 is 67.0 Å². The summed E-state index contributed by atoms with van der Waals surface area (Å²) in [5.74, 6) is -5.32. The Hall–Kier alpha value is -3.01. The van der Waals surface area contributed by atoms with Gasteiger partial charge in [-0.3, -0.25) is 14.4 Å². The van der Waals surface area contributed by atoms with Gasteiger partial charge in [-0.15, -0.1) is 0 Å². The van der Waals surface area contributed by atoms with E-state index in [2.05, 4.69) is 16.0 Å². The molecule has 1 saturated heterocycles. The average molecular weight is 793 g/mol. The van der Waals surface area contributed by atoms with Crippen LogP contribution >= 0.6 is 11.6 Å². The molecule has 0 saturated carbocycles. The van der Waals surface area contributed by atoms with Gasteiger partial charge in [-0.2, -0.15) is 0 Å². The topological polar surface area (TPSA) is 267 Å². The van der Waals surface area contributed by atoms with E-state index in [-0.39, 0.29) is 31.1 Å². The van der Waals surface area contributed by atoms with Crippen LogP contribution in [0.15, 0.2) is 24.3 Å². The van der Waals surface area contributed by atoms with E-state index in [9.17, 15) is 39.6 Å². The molecule has 1 aliphatic heterocycles. The number of carbonyl (C=O) groups excluding carboxylic acids is 3. The second-order valence-corrected chi connectivity index (χ2v) is 13.0. The molecule has 1 aromatic carbocycles. The summed E-state index contributed by atoms with van der Waals surface area (Å²) in [6, 6.07) is 4.73. The maximum absolute atomic E-state index is 12.5. The summed E-state index contributed by atoms with van der Waals surface area (Å²) in [6.45, 7) is 4.84. The van der Waals surface area contributed by atoms with Gasteiger partial charge in [0, 0.05) is 50.0 Å². The Morgan fingerprint density at radius 2 is 1.56 bits per heavy atom. The minimum absolute atomic E-state index is 0.0878. The molecule has 9 N–H and O–H groups in total. The zero-order chi connectivity index (χ0) is 39.8. The maximum Gasteiger partial charge on any atom is 0.364 e. The number of ether oxygens (including phenoxy) is 6. The molecule has 19 heteroatoms. The monoisotopic (exact) mass is 792 g/mol. The van der Waals surface area contributed by atoms with E-state index >= 15 is 0 Å².